The summed E-state index contributed by atoms with van der Waals surface area (Å²) < 4.78 is 105. The minimum Gasteiger partial charge on any atom is -0.494 e. The second-order valence-electron chi connectivity index (χ2n) is 16.0. The number of pyridine rings is 2. The fourth-order valence-corrected chi connectivity index (χ4v) is 11.0. The van der Waals surface area contributed by atoms with Gasteiger partial charge in [-0.3, -0.25) is 18.7 Å². The van der Waals surface area contributed by atoms with Gasteiger partial charge in [-0.15, -0.1) is 0 Å². The highest BCUT2D eigenvalue weighted by Gasteiger charge is 2.24. The maximum absolute atomic E-state index is 15.6. The molecule has 1 unspecified atom stereocenters. The molecule has 380 valence electrons. The Morgan fingerprint density at radius 1 is 0.527 bits per heavy atom. The highest BCUT2D eigenvalue weighted by Crippen LogP contribution is 2.37. The van der Waals surface area contributed by atoms with Crippen molar-refractivity contribution in [2.75, 3.05) is 14.2 Å². The van der Waals surface area contributed by atoms with Crippen molar-refractivity contribution in [1.82, 2.24) is 19.4 Å². The van der Waals surface area contributed by atoms with Crippen molar-refractivity contribution in [3.63, 3.8) is 0 Å². The van der Waals surface area contributed by atoms with Crippen LogP contribution in [0.4, 0.5) is 8.78 Å². The maximum atomic E-state index is 15.6. The van der Waals surface area contributed by atoms with Crippen LogP contribution in [0.3, 0.4) is 0 Å². The van der Waals surface area contributed by atoms with E-state index in [4.69, 9.17) is 41.7 Å². The topological polar surface area (TPSA) is 183 Å². The first-order valence-electron chi connectivity index (χ1n) is 21.4. The lowest BCUT2D eigenvalue weighted by molar-refractivity contribution is 0.409. The quantitative estimate of drug-likeness (QED) is 0.106. The van der Waals surface area contributed by atoms with Crippen LogP contribution in [0, 0.1) is 11.6 Å². The Kier molecular flexibility index (Phi) is 16.4. The van der Waals surface area contributed by atoms with Gasteiger partial charge in [0.2, 0.25) is 0 Å². The first-order valence-corrected chi connectivity index (χ1v) is 25.4. The minimum atomic E-state index is -3.74. The van der Waals surface area contributed by atoms with Crippen LogP contribution in [0.25, 0.3) is 55.4 Å². The number of aromatic nitrogens is 4. The summed E-state index contributed by atoms with van der Waals surface area (Å²) in [5.74, 6) is -1.82. The van der Waals surface area contributed by atoms with Crippen LogP contribution in [0.5, 0.6) is 11.5 Å². The number of sulfone groups is 2. The molecule has 0 aliphatic rings. The molecule has 0 bridgehead atoms. The van der Waals surface area contributed by atoms with Gasteiger partial charge in [-0.1, -0.05) is 65.2 Å². The van der Waals surface area contributed by atoms with E-state index in [9.17, 15) is 26.4 Å². The SMILES string of the molecule is C.COc1cc(-c2cccc(Cl)c2)cc(F)c1-n1c(=O)ccc2cc(S(=O)(=O)Cc3ccon3)ccc21.COc1cc(-c2cccc(Cl)c2)cc(F)c1-n1c(=O)ccc2cc(S(=O)(=O)Cc3ccon3)ccc21.P. The van der Waals surface area contributed by atoms with E-state index in [0.717, 1.165) is 0 Å². The number of ether oxygens (including phenoxy) is 2. The molecule has 0 aliphatic carbocycles. The number of hydrogen-bond acceptors (Lipinski definition) is 12. The van der Waals surface area contributed by atoms with Crippen molar-refractivity contribution in [3.05, 3.63) is 212 Å². The summed E-state index contributed by atoms with van der Waals surface area (Å²) >= 11 is 12.2. The first-order chi connectivity index (χ1) is 34.5. The Labute approximate surface area is 435 Å². The van der Waals surface area contributed by atoms with Crippen molar-refractivity contribution in [2.24, 2.45) is 0 Å². The monoisotopic (exact) mass is 1100 g/mol. The van der Waals surface area contributed by atoms with Crippen molar-refractivity contribution in [2.45, 2.75) is 28.7 Å². The van der Waals surface area contributed by atoms with E-state index >= 15 is 8.78 Å². The molecule has 1 atom stereocenters. The van der Waals surface area contributed by atoms with Gasteiger partial charge in [-0.2, -0.15) is 9.90 Å². The van der Waals surface area contributed by atoms with Crippen molar-refractivity contribution in [3.8, 4) is 45.1 Å². The molecule has 21 heteroatoms. The van der Waals surface area contributed by atoms with Crippen LogP contribution in [0.15, 0.2) is 187 Å². The van der Waals surface area contributed by atoms with Crippen molar-refractivity contribution < 1.29 is 44.1 Å². The number of hydrogen-bond donors (Lipinski definition) is 0. The third-order valence-electron chi connectivity index (χ3n) is 11.4. The van der Waals surface area contributed by atoms with Gasteiger partial charge in [0.1, 0.15) is 46.9 Å². The Balaban J connectivity index is 0.000000211. The summed E-state index contributed by atoms with van der Waals surface area (Å²) in [6.07, 6.45) is 2.59. The van der Waals surface area contributed by atoms with E-state index in [0.29, 0.717) is 54.1 Å². The van der Waals surface area contributed by atoms with E-state index in [1.165, 1.54) is 121 Å². The lowest BCUT2D eigenvalue weighted by atomic mass is 10.0. The molecular weight excluding hydrogens is 1060 g/mol. The molecule has 4 heterocycles. The van der Waals surface area contributed by atoms with Crippen LogP contribution in [0.2, 0.25) is 10.0 Å². The molecule has 0 radical (unpaired) electrons. The molecule has 0 amide bonds. The Morgan fingerprint density at radius 2 is 0.932 bits per heavy atom. The number of fused-ring (bicyclic) bond motifs is 2. The van der Waals surface area contributed by atoms with Crippen molar-refractivity contribution >= 4 is 74.6 Å². The summed E-state index contributed by atoms with van der Waals surface area (Å²) in [6.45, 7) is 0. The molecule has 10 aromatic rings. The van der Waals surface area contributed by atoms with E-state index < -0.39 is 42.4 Å². The van der Waals surface area contributed by atoms with E-state index in [1.54, 1.807) is 60.7 Å². The predicted molar refractivity (Wildman–Crippen MR) is 286 cm³/mol. The average Bonchev–Trinajstić information content (AvgIpc) is 4.08. The second-order valence-corrected chi connectivity index (χ2v) is 20.8. The molecule has 74 heavy (non-hydrogen) atoms. The second kappa shape index (κ2) is 22.3. The molecular formula is C53H43Cl2F2N4O10PS2. The lowest BCUT2D eigenvalue weighted by Gasteiger charge is -2.17. The molecule has 4 aromatic heterocycles. The molecule has 14 nitrogen and oxygen atoms in total. The number of rotatable bonds is 12. The molecule has 0 saturated heterocycles. The van der Waals surface area contributed by atoms with E-state index in [1.807, 2.05) is 0 Å². The zero-order chi connectivity index (χ0) is 50.9. The largest absolute Gasteiger partial charge is 0.494 e. The molecule has 0 N–H and O–H groups in total. The fraction of sp³-hybridized carbons (Fsp3) is 0.0943. The number of benzene rings is 6. The van der Waals surface area contributed by atoms with Gasteiger partial charge in [0, 0.05) is 45.1 Å². The number of nitrogens with zero attached hydrogens (tertiary/aromatic N) is 4. The summed E-state index contributed by atoms with van der Waals surface area (Å²) in [5.41, 5.74) is 2.38. The minimum absolute atomic E-state index is 0. The van der Waals surface area contributed by atoms with Gasteiger partial charge < -0.3 is 18.5 Å². The van der Waals surface area contributed by atoms with Gasteiger partial charge in [0.25, 0.3) is 11.1 Å². The third-order valence-corrected chi connectivity index (χ3v) is 15.1. The summed E-state index contributed by atoms with van der Waals surface area (Å²) in [5, 5.41) is 9.16. The normalized spacial score (nSPS) is 11.3. The van der Waals surface area contributed by atoms with Crippen molar-refractivity contribution in [1.29, 1.82) is 0 Å². The van der Waals surface area contributed by atoms with E-state index in [-0.39, 0.29) is 72.9 Å². The Hall–Kier alpha value is -7.47. The van der Waals surface area contributed by atoms with Gasteiger partial charge in [0.15, 0.2) is 31.3 Å². The highest BCUT2D eigenvalue weighted by atomic mass is 35.5. The Morgan fingerprint density at radius 3 is 1.28 bits per heavy atom. The molecule has 0 aliphatic heterocycles. The van der Waals surface area contributed by atoms with Gasteiger partial charge >= 0.3 is 0 Å². The summed E-state index contributed by atoms with van der Waals surface area (Å²) in [7, 11) is -4.73. The van der Waals surface area contributed by atoms with Gasteiger partial charge in [-0.05, 0) is 119 Å². The molecule has 0 fully saturated rings. The number of methoxy groups -OCH3 is 2. The van der Waals surface area contributed by atoms with Gasteiger partial charge in [0.05, 0.1) is 46.4 Å². The number of halogens is 4. The average molecular weight is 1100 g/mol. The van der Waals surface area contributed by atoms with Crippen LogP contribution in [-0.2, 0) is 31.2 Å². The smallest absolute Gasteiger partial charge is 0.255 e. The molecule has 6 aromatic carbocycles. The Bertz CT molecular complexity index is 3800. The third kappa shape index (κ3) is 11.2. The van der Waals surface area contributed by atoms with Crippen LogP contribution >= 0.6 is 33.1 Å². The zero-order valence-corrected chi connectivity index (χ0v) is 42.9. The van der Waals surface area contributed by atoms with Crippen LogP contribution in [-0.4, -0.2) is 50.5 Å². The standard InChI is InChI=1S/2C26H18ClFN2O5S.CH4.H3P/c2*1-34-24-14-18(16-3-2-4-19(27)11-16)13-22(28)26(24)30-23-7-6-21(12-17(23)5-8-25(30)31)36(32,33)15-20-9-10-35-29-20;;/h2*2-14H,15H2,1H3;1H4;1H3. The van der Waals surface area contributed by atoms with Crippen LogP contribution in [0.1, 0.15) is 18.8 Å². The molecule has 10 rings (SSSR count). The van der Waals surface area contributed by atoms with E-state index in [2.05, 4.69) is 10.3 Å². The summed E-state index contributed by atoms with van der Waals surface area (Å²) in [4.78, 5) is 25.9. The first kappa shape index (κ1) is 54.3. The predicted octanol–water partition coefficient (Wildman–Crippen LogP) is 11.5. The lowest BCUT2D eigenvalue weighted by Crippen LogP contribution is -2.19. The van der Waals surface area contributed by atoms with Gasteiger partial charge in [-0.25, -0.2) is 25.6 Å². The fourth-order valence-electron chi connectivity index (χ4n) is 8.04. The summed E-state index contributed by atoms with van der Waals surface area (Å²) in [6, 6.07) is 36.7. The zero-order valence-electron chi connectivity index (χ0n) is 38.3. The van der Waals surface area contributed by atoms with Crippen LogP contribution < -0.4 is 20.6 Å². The highest BCUT2D eigenvalue weighted by molar-refractivity contribution is 7.91. The molecule has 0 saturated carbocycles. The maximum Gasteiger partial charge on any atom is 0.255 e. The molecule has 0 spiro atoms.